The lowest BCUT2D eigenvalue weighted by molar-refractivity contribution is -0.125. The van der Waals surface area contributed by atoms with Gasteiger partial charge in [0.15, 0.2) is 21.4 Å². The molecule has 2 aliphatic rings. The van der Waals surface area contributed by atoms with Crippen LogP contribution in [-0.4, -0.2) is 44.8 Å². The number of allylic oxidation sites excluding steroid dienone is 2. The van der Waals surface area contributed by atoms with E-state index in [1.807, 2.05) is 0 Å². The van der Waals surface area contributed by atoms with Gasteiger partial charge in [-0.1, -0.05) is 18.2 Å². The standard InChI is InChI=1S/C21H24F3NO5S/c22-16-6-5-15(11-17(16)30-12-18(23)24)21(7-8-21)13-31(28,29)9-3-1-2-4-14-10-19(26)25-20(14)27/h1-2,5-6,11,14,18H,3-4,7-10,12-13H2,(H,25,26,27)/b2-1+. The first kappa shape index (κ1) is 23.3. The van der Waals surface area contributed by atoms with Crippen LogP contribution in [0, 0.1) is 11.7 Å². The molecule has 0 radical (unpaired) electrons. The minimum Gasteiger partial charge on any atom is -0.485 e. The van der Waals surface area contributed by atoms with Gasteiger partial charge in [-0.25, -0.2) is 21.6 Å². The number of benzene rings is 1. The first-order valence-corrected chi connectivity index (χ1v) is 11.8. The van der Waals surface area contributed by atoms with Crippen LogP contribution in [0.15, 0.2) is 30.4 Å². The van der Waals surface area contributed by atoms with Gasteiger partial charge in [0.25, 0.3) is 6.43 Å². The molecule has 10 heteroatoms. The molecule has 1 aromatic carbocycles. The Hall–Kier alpha value is -2.36. The van der Waals surface area contributed by atoms with Crippen molar-refractivity contribution in [2.24, 2.45) is 5.92 Å². The highest BCUT2D eigenvalue weighted by atomic mass is 32.2. The van der Waals surface area contributed by atoms with Gasteiger partial charge in [0.2, 0.25) is 11.8 Å². The molecular formula is C21H24F3NO5S. The van der Waals surface area contributed by atoms with Crippen LogP contribution in [-0.2, 0) is 24.8 Å². The number of hydrogen-bond acceptors (Lipinski definition) is 5. The van der Waals surface area contributed by atoms with Crippen molar-refractivity contribution < 1.29 is 35.9 Å². The Bertz CT molecular complexity index is 973. The Labute approximate surface area is 178 Å². The number of rotatable bonds is 11. The molecule has 6 nitrogen and oxygen atoms in total. The Balaban J connectivity index is 1.54. The van der Waals surface area contributed by atoms with Gasteiger partial charge in [0.05, 0.1) is 17.4 Å². The predicted octanol–water partition coefficient (Wildman–Crippen LogP) is 2.92. The molecule has 1 N–H and O–H groups in total. The minimum absolute atomic E-state index is 0.0863. The fourth-order valence-electron chi connectivity index (χ4n) is 3.68. The molecule has 2 amide bonds. The average Bonchev–Trinajstić information content (AvgIpc) is 3.37. The van der Waals surface area contributed by atoms with Crippen LogP contribution in [0.3, 0.4) is 0 Å². The van der Waals surface area contributed by atoms with E-state index < -0.39 is 40.0 Å². The summed E-state index contributed by atoms with van der Waals surface area (Å²) in [5.41, 5.74) is -0.0872. The van der Waals surface area contributed by atoms with Crippen molar-refractivity contribution in [2.45, 2.75) is 43.9 Å². The van der Waals surface area contributed by atoms with E-state index in [-0.39, 0.29) is 41.9 Å². The van der Waals surface area contributed by atoms with Crippen molar-refractivity contribution in [1.82, 2.24) is 5.32 Å². The second kappa shape index (κ2) is 9.42. The molecule has 1 saturated heterocycles. The summed E-state index contributed by atoms with van der Waals surface area (Å²) in [6.07, 6.45) is 2.64. The number of sulfone groups is 1. The SMILES string of the molecule is O=C1CC(C/C=C/CCS(=O)(=O)CC2(c3ccc(F)c(OCC(F)F)c3)CC2)C(=O)N1. The third kappa shape index (κ3) is 6.32. The van der Waals surface area contributed by atoms with Crippen LogP contribution in [0.25, 0.3) is 0 Å². The number of carbonyl (C=O) groups excluding carboxylic acids is 2. The van der Waals surface area contributed by atoms with E-state index >= 15 is 0 Å². The fourth-order valence-corrected chi connectivity index (χ4v) is 5.62. The average molecular weight is 459 g/mol. The van der Waals surface area contributed by atoms with Crippen LogP contribution >= 0.6 is 0 Å². The van der Waals surface area contributed by atoms with Crippen LogP contribution < -0.4 is 10.1 Å². The fraction of sp³-hybridized carbons (Fsp3) is 0.524. The molecular weight excluding hydrogens is 435 g/mol. The highest BCUT2D eigenvalue weighted by molar-refractivity contribution is 7.91. The van der Waals surface area contributed by atoms with Gasteiger partial charge in [0.1, 0.15) is 6.61 Å². The zero-order valence-corrected chi connectivity index (χ0v) is 17.6. The normalized spacial score (nSPS) is 20.5. The Morgan fingerprint density at radius 1 is 1.23 bits per heavy atom. The van der Waals surface area contributed by atoms with Crippen LogP contribution in [0.1, 0.15) is 37.7 Å². The van der Waals surface area contributed by atoms with Gasteiger partial charge >= 0.3 is 0 Å². The second-order valence-corrected chi connectivity index (χ2v) is 10.2. The summed E-state index contributed by atoms with van der Waals surface area (Å²) >= 11 is 0. The summed E-state index contributed by atoms with van der Waals surface area (Å²) in [5, 5.41) is 2.22. The highest BCUT2D eigenvalue weighted by Crippen LogP contribution is 2.50. The molecule has 170 valence electrons. The van der Waals surface area contributed by atoms with Gasteiger partial charge in [-0.05, 0) is 43.4 Å². The number of imide groups is 1. The summed E-state index contributed by atoms with van der Waals surface area (Å²) < 4.78 is 68.5. The minimum atomic E-state index is -3.43. The zero-order chi connectivity index (χ0) is 22.6. The molecule has 3 rings (SSSR count). The van der Waals surface area contributed by atoms with E-state index in [2.05, 4.69) is 5.32 Å². The van der Waals surface area contributed by atoms with Crippen molar-refractivity contribution in [3.8, 4) is 5.75 Å². The van der Waals surface area contributed by atoms with Gasteiger partial charge in [-0.15, -0.1) is 0 Å². The van der Waals surface area contributed by atoms with Crippen molar-refractivity contribution in [3.63, 3.8) is 0 Å². The van der Waals surface area contributed by atoms with Gasteiger partial charge in [-0.3, -0.25) is 14.9 Å². The third-order valence-electron chi connectivity index (χ3n) is 5.51. The van der Waals surface area contributed by atoms with Gasteiger partial charge < -0.3 is 4.74 Å². The number of carbonyl (C=O) groups is 2. The molecule has 1 aliphatic carbocycles. The van der Waals surface area contributed by atoms with Gasteiger partial charge in [0, 0.05) is 11.8 Å². The number of halogens is 3. The first-order chi connectivity index (χ1) is 14.6. The quantitative estimate of drug-likeness (QED) is 0.406. The Morgan fingerprint density at radius 2 is 1.97 bits per heavy atom. The maximum absolute atomic E-state index is 13.8. The third-order valence-corrected chi connectivity index (χ3v) is 7.36. The molecule has 1 aliphatic heterocycles. The number of alkyl halides is 2. The lowest BCUT2D eigenvalue weighted by Crippen LogP contribution is -2.23. The molecule has 1 heterocycles. The van der Waals surface area contributed by atoms with E-state index in [0.717, 1.165) is 6.07 Å². The number of ether oxygens (including phenoxy) is 1. The molecule has 0 spiro atoms. The van der Waals surface area contributed by atoms with Crippen LogP contribution in [0.2, 0.25) is 0 Å². The monoisotopic (exact) mass is 459 g/mol. The Kier molecular flexibility index (Phi) is 7.08. The van der Waals surface area contributed by atoms with Crippen molar-refractivity contribution in [3.05, 3.63) is 41.7 Å². The summed E-state index contributed by atoms with van der Waals surface area (Å²) in [4.78, 5) is 22.6. The number of hydrogen-bond donors (Lipinski definition) is 1. The van der Waals surface area contributed by atoms with E-state index in [0.29, 0.717) is 24.8 Å². The molecule has 1 atom stereocenters. The van der Waals surface area contributed by atoms with Crippen LogP contribution in [0.4, 0.5) is 13.2 Å². The summed E-state index contributed by atoms with van der Waals surface area (Å²) in [6.45, 7) is -0.936. The molecule has 1 aromatic rings. The summed E-state index contributed by atoms with van der Waals surface area (Å²) in [5.74, 6) is -2.30. The molecule has 1 unspecified atom stereocenters. The van der Waals surface area contributed by atoms with Crippen molar-refractivity contribution in [1.29, 1.82) is 0 Å². The van der Waals surface area contributed by atoms with E-state index in [9.17, 15) is 31.2 Å². The molecule has 2 fully saturated rings. The van der Waals surface area contributed by atoms with Crippen LogP contribution in [0.5, 0.6) is 5.75 Å². The van der Waals surface area contributed by atoms with Gasteiger partial charge in [-0.2, -0.15) is 0 Å². The zero-order valence-electron chi connectivity index (χ0n) is 16.8. The van der Waals surface area contributed by atoms with E-state index in [1.165, 1.54) is 12.1 Å². The lowest BCUT2D eigenvalue weighted by atomic mass is 9.98. The number of nitrogens with one attached hydrogen (secondary N) is 1. The molecule has 0 bridgehead atoms. The predicted molar refractivity (Wildman–Crippen MR) is 107 cm³/mol. The topological polar surface area (TPSA) is 89.5 Å². The Morgan fingerprint density at radius 3 is 2.58 bits per heavy atom. The molecule has 31 heavy (non-hydrogen) atoms. The maximum Gasteiger partial charge on any atom is 0.272 e. The highest BCUT2D eigenvalue weighted by Gasteiger charge is 2.47. The second-order valence-electron chi connectivity index (χ2n) is 8.03. The number of amides is 2. The lowest BCUT2D eigenvalue weighted by Gasteiger charge is -2.17. The smallest absolute Gasteiger partial charge is 0.272 e. The van der Waals surface area contributed by atoms with Crippen molar-refractivity contribution in [2.75, 3.05) is 18.1 Å². The summed E-state index contributed by atoms with van der Waals surface area (Å²) in [6, 6.07) is 3.89. The van der Waals surface area contributed by atoms with E-state index in [4.69, 9.17) is 4.74 Å². The summed E-state index contributed by atoms with van der Waals surface area (Å²) in [7, 11) is -3.43. The van der Waals surface area contributed by atoms with Crippen molar-refractivity contribution >= 4 is 21.7 Å². The molecule has 1 saturated carbocycles. The first-order valence-electron chi connectivity index (χ1n) is 10.0. The largest absolute Gasteiger partial charge is 0.485 e. The van der Waals surface area contributed by atoms with E-state index in [1.54, 1.807) is 12.2 Å². The maximum atomic E-state index is 13.8. The molecule has 0 aromatic heterocycles.